The van der Waals surface area contributed by atoms with E-state index in [-0.39, 0.29) is 5.91 Å². The number of hydrogen-bond acceptors (Lipinski definition) is 3. The Kier molecular flexibility index (Phi) is 4.10. The lowest BCUT2D eigenvalue weighted by molar-refractivity contribution is -0.129. The number of carbonyl (C=O) groups excluding carboxylic acids is 1. The molecule has 4 heteroatoms. The molecular weight excluding hydrogens is 246 g/mol. The summed E-state index contributed by atoms with van der Waals surface area (Å²) in [7, 11) is 1.78. The number of nitrogens with zero attached hydrogens (tertiary/aromatic N) is 1. The Morgan fingerprint density at radius 3 is 2.61 bits per heavy atom. The van der Waals surface area contributed by atoms with Crippen LogP contribution in [0.1, 0.15) is 11.3 Å². The zero-order valence-electron chi connectivity index (χ0n) is 10.2. The second-order valence-electron chi connectivity index (χ2n) is 4.17. The molecule has 0 fully saturated rings. The quantitative estimate of drug-likeness (QED) is 0.859. The first-order valence-electron chi connectivity index (χ1n) is 5.69. The third-order valence-corrected chi connectivity index (χ3v) is 2.99. The summed E-state index contributed by atoms with van der Waals surface area (Å²) in [6, 6.07) is 11.3. The number of likely N-dealkylation sites (N-methyl/N-ethyl adjacent to an activating group) is 1. The number of benzene rings is 1. The van der Waals surface area contributed by atoms with Crippen LogP contribution in [-0.2, 0) is 17.8 Å². The third kappa shape index (κ3) is 3.40. The fourth-order valence-corrected chi connectivity index (χ4v) is 1.80. The van der Waals surface area contributed by atoms with Gasteiger partial charge in [-0.25, -0.2) is 0 Å². The Bertz CT molecular complexity index is 505. The van der Waals surface area contributed by atoms with E-state index in [1.807, 2.05) is 36.4 Å². The minimum absolute atomic E-state index is 0.0679. The van der Waals surface area contributed by atoms with Crippen molar-refractivity contribution in [3.63, 3.8) is 0 Å². The molecule has 0 radical (unpaired) electrons. The molecule has 2 rings (SSSR count). The number of carbonyl (C=O) groups is 1. The molecule has 2 aromatic rings. The molecule has 0 spiro atoms. The van der Waals surface area contributed by atoms with Crippen molar-refractivity contribution < 1.29 is 9.21 Å². The summed E-state index contributed by atoms with van der Waals surface area (Å²) >= 11 is 4.21. The number of hydrogen-bond donors (Lipinski definition) is 1. The number of amides is 1. The zero-order chi connectivity index (χ0) is 13.0. The number of thiol groups is 1. The van der Waals surface area contributed by atoms with Crippen molar-refractivity contribution in [2.24, 2.45) is 0 Å². The largest absolute Gasteiger partial charge is 0.467 e. The second kappa shape index (κ2) is 5.78. The van der Waals surface area contributed by atoms with Crippen LogP contribution < -0.4 is 0 Å². The lowest BCUT2D eigenvalue weighted by atomic mass is 10.1. The van der Waals surface area contributed by atoms with Gasteiger partial charge in [-0.2, -0.15) is 0 Å². The molecule has 1 heterocycles. The lowest BCUT2D eigenvalue weighted by Gasteiger charge is -2.15. The van der Waals surface area contributed by atoms with Gasteiger partial charge < -0.3 is 9.32 Å². The van der Waals surface area contributed by atoms with Crippen LogP contribution in [0.15, 0.2) is 52.0 Å². The van der Waals surface area contributed by atoms with E-state index in [1.54, 1.807) is 18.2 Å². The minimum atomic E-state index is 0.0679. The van der Waals surface area contributed by atoms with Gasteiger partial charge in [0.25, 0.3) is 0 Å². The predicted octanol–water partition coefficient (Wildman–Crippen LogP) is 2.77. The van der Waals surface area contributed by atoms with Crippen LogP contribution in [-0.4, -0.2) is 17.9 Å². The number of rotatable bonds is 4. The molecule has 0 atom stereocenters. The summed E-state index contributed by atoms with van der Waals surface area (Å²) in [6.45, 7) is 0.497. The normalized spacial score (nSPS) is 10.3. The van der Waals surface area contributed by atoms with Gasteiger partial charge in [-0.15, -0.1) is 12.6 Å². The Labute approximate surface area is 112 Å². The summed E-state index contributed by atoms with van der Waals surface area (Å²) in [5.41, 5.74) is 0.990. The molecule has 1 aromatic heterocycles. The molecular formula is C14H15NO2S. The van der Waals surface area contributed by atoms with Crippen molar-refractivity contribution in [1.29, 1.82) is 0 Å². The molecule has 0 bridgehead atoms. The van der Waals surface area contributed by atoms with Crippen LogP contribution in [0, 0.1) is 0 Å². The van der Waals surface area contributed by atoms with E-state index in [0.29, 0.717) is 13.0 Å². The van der Waals surface area contributed by atoms with Crippen molar-refractivity contribution >= 4 is 18.5 Å². The standard InChI is InChI=1S/C14H15NO2S/c1-15(10-12-3-2-8-17-12)14(16)9-11-4-6-13(18)7-5-11/h2-8,18H,9-10H2,1H3. The monoisotopic (exact) mass is 261 g/mol. The fourth-order valence-electron chi connectivity index (χ4n) is 1.65. The van der Waals surface area contributed by atoms with E-state index in [2.05, 4.69) is 12.6 Å². The molecule has 1 aromatic carbocycles. The summed E-state index contributed by atoms with van der Waals surface area (Å²) in [5, 5.41) is 0. The smallest absolute Gasteiger partial charge is 0.227 e. The molecule has 18 heavy (non-hydrogen) atoms. The maximum absolute atomic E-state index is 12.0. The second-order valence-corrected chi connectivity index (χ2v) is 4.69. The van der Waals surface area contributed by atoms with Crippen molar-refractivity contribution in [2.45, 2.75) is 17.9 Å². The molecule has 0 aliphatic heterocycles. The highest BCUT2D eigenvalue weighted by Crippen LogP contribution is 2.10. The first kappa shape index (κ1) is 12.8. The highest BCUT2D eigenvalue weighted by atomic mass is 32.1. The fraction of sp³-hybridized carbons (Fsp3) is 0.214. The maximum Gasteiger partial charge on any atom is 0.227 e. The predicted molar refractivity (Wildman–Crippen MR) is 72.6 cm³/mol. The molecule has 0 N–H and O–H groups in total. The van der Waals surface area contributed by atoms with Crippen molar-refractivity contribution in [2.75, 3.05) is 7.05 Å². The van der Waals surface area contributed by atoms with Crippen molar-refractivity contribution in [3.8, 4) is 0 Å². The van der Waals surface area contributed by atoms with Crippen molar-refractivity contribution in [3.05, 3.63) is 54.0 Å². The SMILES string of the molecule is CN(Cc1ccco1)C(=O)Cc1ccc(S)cc1. The van der Waals surface area contributed by atoms with Crippen LogP contribution in [0.4, 0.5) is 0 Å². The van der Waals surface area contributed by atoms with Gasteiger partial charge in [0.1, 0.15) is 5.76 Å². The van der Waals surface area contributed by atoms with Gasteiger partial charge >= 0.3 is 0 Å². The Morgan fingerprint density at radius 2 is 2.00 bits per heavy atom. The van der Waals surface area contributed by atoms with E-state index in [9.17, 15) is 4.79 Å². The highest BCUT2D eigenvalue weighted by molar-refractivity contribution is 7.80. The summed E-state index contributed by atoms with van der Waals surface area (Å²) < 4.78 is 5.22. The first-order valence-corrected chi connectivity index (χ1v) is 6.14. The minimum Gasteiger partial charge on any atom is -0.467 e. The molecule has 0 aliphatic carbocycles. The maximum atomic E-state index is 12.0. The molecule has 94 valence electrons. The van der Waals surface area contributed by atoms with Crippen LogP contribution >= 0.6 is 12.6 Å². The molecule has 0 saturated carbocycles. The van der Waals surface area contributed by atoms with Gasteiger partial charge in [-0.3, -0.25) is 4.79 Å². The van der Waals surface area contributed by atoms with E-state index in [4.69, 9.17) is 4.42 Å². The van der Waals surface area contributed by atoms with Gasteiger partial charge in [0.2, 0.25) is 5.91 Å². The van der Waals surface area contributed by atoms with E-state index in [1.165, 1.54) is 0 Å². The van der Waals surface area contributed by atoms with Gasteiger partial charge in [0.05, 0.1) is 19.2 Å². The van der Waals surface area contributed by atoms with Gasteiger partial charge in [-0.1, -0.05) is 12.1 Å². The summed E-state index contributed by atoms with van der Waals surface area (Å²) in [4.78, 5) is 14.5. The molecule has 3 nitrogen and oxygen atoms in total. The molecule has 0 aliphatic rings. The number of furan rings is 1. The third-order valence-electron chi connectivity index (χ3n) is 2.69. The summed E-state index contributed by atoms with van der Waals surface area (Å²) in [6.07, 6.45) is 2.00. The lowest BCUT2D eigenvalue weighted by Crippen LogP contribution is -2.27. The molecule has 0 saturated heterocycles. The van der Waals surface area contributed by atoms with Gasteiger partial charge in [0.15, 0.2) is 0 Å². The van der Waals surface area contributed by atoms with E-state index >= 15 is 0 Å². The summed E-state index contributed by atoms with van der Waals surface area (Å²) in [5.74, 6) is 0.856. The van der Waals surface area contributed by atoms with Crippen LogP contribution in [0.25, 0.3) is 0 Å². The molecule has 0 unspecified atom stereocenters. The highest BCUT2D eigenvalue weighted by Gasteiger charge is 2.11. The Morgan fingerprint density at radius 1 is 1.28 bits per heavy atom. The average molecular weight is 261 g/mol. The van der Waals surface area contributed by atoms with Crippen LogP contribution in [0.2, 0.25) is 0 Å². The van der Waals surface area contributed by atoms with Crippen LogP contribution in [0.5, 0.6) is 0 Å². The van der Waals surface area contributed by atoms with E-state index < -0.39 is 0 Å². The topological polar surface area (TPSA) is 33.5 Å². The Balaban J connectivity index is 1.93. The Hall–Kier alpha value is -1.68. The van der Waals surface area contributed by atoms with E-state index in [0.717, 1.165) is 16.2 Å². The van der Waals surface area contributed by atoms with Gasteiger partial charge in [-0.05, 0) is 29.8 Å². The van der Waals surface area contributed by atoms with Crippen LogP contribution in [0.3, 0.4) is 0 Å². The van der Waals surface area contributed by atoms with Crippen molar-refractivity contribution in [1.82, 2.24) is 4.90 Å². The first-order chi connectivity index (χ1) is 8.65. The average Bonchev–Trinajstić information content (AvgIpc) is 2.85. The van der Waals surface area contributed by atoms with Gasteiger partial charge in [0, 0.05) is 11.9 Å². The molecule has 1 amide bonds. The zero-order valence-corrected chi connectivity index (χ0v) is 11.1.